The monoisotopic (exact) mass is 402 g/mol. The van der Waals surface area contributed by atoms with Gasteiger partial charge in [0.15, 0.2) is 23.0 Å². The summed E-state index contributed by atoms with van der Waals surface area (Å²) < 4.78 is 21.7. The molecule has 0 aliphatic heterocycles. The number of hydrogen-bond donors (Lipinski definition) is 2. The summed E-state index contributed by atoms with van der Waals surface area (Å²) in [6.07, 6.45) is 0.850. The fourth-order valence-electron chi connectivity index (χ4n) is 2.63. The molecule has 8 heteroatoms. The molecule has 0 unspecified atom stereocenters. The van der Waals surface area contributed by atoms with Crippen LogP contribution in [-0.2, 0) is 0 Å². The molecule has 2 aromatic rings. The second kappa shape index (κ2) is 10.2. The zero-order valence-electron chi connectivity index (χ0n) is 17.0. The number of carbonyl (C=O) groups is 2. The van der Waals surface area contributed by atoms with Crippen LogP contribution < -0.4 is 30.0 Å². The number of ether oxygens (including phenoxy) is 4. The van der Waals surface area contributed by atoms with Crippen LogP contribution in [-0.4, -0.2) is 39.2 Å². The van der Waals surface area contributed by atoms with E-state index in [1.807, 2.05) is 13.8 Å². The van der Waals surface area contributed by atoms with Gasteiger partial charge < -0.3 is 30.0 Å². The predicted octanol–water partition coefficient (Wildman–Crippen LogP) is 3.24. The van der Waals surface area contributed by atoms with Crippen LogP contribution in [0.25, 0.3) is 0 Å². The highest BCUT2D eigenvalue weighted by atomic mass is 16.5. The van der Waals surface area contributed by atoms with Crippen molar-refractivity contribution in [3.05, 3.63) is 41.5 Å². The van der Waals surface area contributed by atoms with E-state index in [1.165, 1.54) is 26.4 Å². The fraction of sp³-hybridized carbons (Fsp3) is 0.333. The largest absolute Gasteiger partial charge is 0.493 e. The zero-order chi connectivity index (χ0) is 21.4. The first kappa shape index (κ1) is 21.9. The molecule has 0 atom stereocenters. The Morgan fingerprint density at radius 3 is 2.21 bits per heavy atom. The van der Waals surface area contributed by atoms with Crippen molar-refractivity contribution in [3.63, 3.8) is 0 Å². The van der Waals surface area contributed by atoms with E-state index in [4.69, 9.17) is 24.7 Å². The number of methoxy groups -OCH3 is 2. The third kappa shape index (κ3) is 5.31. The molecule has 2 amide bonds. The molecule has 0 heterocycles. The van der Waals surface area contributed by atoms with Crippen LogP contribution in [0.4, 0.5) is 5.69 Å². The smallest absolute Gasteiger partial charge is 0.255 e. The molecule has 0 aliphatic rings. The molecule has 0 radical (unpaired) electrons. The lowest BCUT2D eigenvalue weighted by molar-refractivity contribution is 0.100. The Kier molecular flexibility index (Phi) is 7.70. The van der Waals surface area contributed by atoms with Gasteiger partial charge in [-0.15, -0.1) is 0 Å². The first-order valence-electron chi connectivity index (χ1n) is 9.21. The molecule has 29 heavy (non-hydrogen) atoms. The van der Waals surface area contributed by atoms with E-state index in [0.717, 1.165) is 6.42 Å². The van der Waals surface area contributed by atoms with Gasteiger partial charge in [-0.3, -0.25) is 9.59 Å². The normalized spacial score (nSPS) is 10.2. The summed E-state index contributed by atoms with van der Waals surface area (Å²) in [5, 5.41) is 2.69. The van der Waals surface area contributed by atoms with Crippen LogP contribution in [0.15, 0.2) is 30.3 Å². The number of nitrogens with one attached hydrogen (secondary N) is 1. The van der Waals surface area contributed by atoms with Crippen molar-refractivity contribution in [1.82, 2.24) is 0 Å². The van der Waals surface area contributed by atoms with Gasteiger partial charge in [-0.1, -0.05) is 6.92 Å². The van der Waals surface area contributed by atoms with Crippen molar-refractivity contribution in [2.24, 2.45) is 5.73 Å². The van der Waals surface area contributed by atoms with Crippen LogP contribution in [0.1, 0.15) is 41.0 Å². The van der Waals surface area contributed by atoms with Crippen LogP contribution in [0.3, 0.4) is 0 Å². The van der Waals surface area contributed by atoms with Crippen LogP contribution in [0, 0.1) is 0 Å². The van der Waals surface area contributed by atoms with Crippen molar-refractivity contribution in [1.29, 1.82) is 0 Å². The second-order valence-corrected chi connectivity index (χ2v) is 6.01. The summed E-state index contributed by atoms with van der Waals surface area (Å²) in [7, 11) is 2.90. The minimum Gasteiger partial charge on any atom is -0.493 e. The Morgan fingerprint density at radius 2 is 1.62 bits per heavy atom. The van der Waals surface area contributed by atoms with E-state index in [-0.39, 0.29) is 11.3 Å². The first-order chi connectivity index (χ1) is 13.9. The topological polar surface area (TPSA) is 109 Å². The number of anilines is 1. The van der Waals surface area contributed by atoms with E-state index >= 15 is 0 Å². The third-order valence-electron chi connectivity index (χ3n) is 4.00. The highest BCUT2D eigenvalue weighted by Gasteiger charge is 2.18. The highest BCUT2D eigenvalue weighted by molar-refractivity contribution is 6.09. The Labute approximate surface area is 169 Å². The third-order valence-corrected chi connectivity index (χ3v) is 4.00. The second-order valence-electron chi connectivity index (χ2n) is 6.01. The van der Waals surface area contributed by atoms with Crippen LogP contribution in [0.5, 0.6) is 23.0 Å². The molecule has 3 N–H and O–H groups in total. The minimum atomic E-state index is -0.709. The molecule has 0 aromatic heterocycles. The lowest BCUT2D eigenvalue weighted by Gasteiger charge is -2.15. The number of primary amides is 1. The van der Waals surface area contributed by atoms with E-state index in [9.17, 15) is 9.59 Å². The van der Waals surface area contributed by atoms with Crippen molar-refractivity contribution >= 4 is 17.5 Å². The molecule has 0 saturated heterocycles. The van der Waals surface area contributed by atoms with Gasteiger partial charge in [-0.2, -0.15) is 0 Å². The molecule has 0 bridgehead atoms. The molecule has 156 valence electrons. The summed E-state index contributed by atoms with van der Waals surface area (Å²) >= 11 is 0. The van der Waals surface area contributed by atoms with Gasteiger partial charge in [0.1, 0.15) is 0 Å². The molecule has 0 spiro atoms. The summed E-state index contributed by atoms with van der Waals surface area (Å²) in [5.41, 5.74) is 6.10. The quantitative estimate of drug-likeness (QED) is 0.631. The number of carbonyl (C=O) groups excluding carboxylic acids is 2. The van der Waals surface area contributed by atoms with Crippen molar-refractivity contribution in [3.8, 4) is 23.0 Å². The van der Waals surface area contributed by atoms with Gasteiger partial charge in [-0.25, -0.2) is 0 Å². The van der Waals surface area contributed by atoms with Gasteiger partial charge in [0.25, 0.3) is 11.8 Å². The van der Waals surface area contributed by atoms with Gasteiger partial charge >= 0.3 is 0 Å². The maximum atomic E-state index is 12.8. The summed E-state index contributed by atoms with van der Waals surface area (Å²) in [6.45, 7) is 4.81. The van der Waals surface area contributed by atoms with Gasteiger partial charge in [0.2, 0.25) is 0 Å². The number of hydrogen-bond acceptors (Lipinski definition) is 6. The number of rotatable bonds is 10. The van der Waals surface area contributed by atoms with E-state index < -0.39 is 11.8 Å². The van der Waals surface area contributed by atoms with Gasteiger partial charge in [-0.05, 0) is 37.6 Å². The standard InChI is InChI=1S/C21H26N2O6/c1-5-9-29-16-8-7-13(10-19(16)28-6-2)21(25)23-15-12-18(27-4)17(26-3)11-14(15)20(22)24/h7-8,10-12H,5-6,9H2,1-4H3,(H2,22,24)(H,23,25). The van der Waals surface area contributed by atoms with Gasteiger partial charge in [0.05, 0.1) is 38.7 Å². The summed E-state index contributed by atoms with van der Waals surface area (Å²) in [6, 6.07) is 7.80. The molecular formula is C21H26N2O6. The molecule has 2 aromatic carbocycles. The lowest BCUT2D eigenvalue weighted by atomic mass is 10.1. The highest BCUT2D eigenvalue weighted by Crippen LogP contribution is 2.34. The van der Waals surface area contributed by atoms with E-state index in [1.54, 1.807) is 18.2 Å². The molecular weight excluding hydrogens is 376 g/mol. The first-order valence-corrected chi connectivity index (χ1v) is 9.21. The Bertz CT molecular complexity index is 882. The average Bonchev–Trinajstić information content (AvgIpc) is 2.72. The van der Waals surface area contributed by atoms with Crippen molar-refractivity contribution in [2.45, 2.75) is 20.3 Å². The Hall–Kier alpha value is -3.42. The van der Waals surface area contributed by atoms with Crippen molar-refractivity contribution < 1.29 is 28.5 Å². The Morgan fingerprint density at radius 1 is 0.931 bits per heavy atom. The molecule has 8 nitrogen and oxygen atoms in total. The minimum absolute atomic E-state index is 0.101. The maximum absolute atomic E-state index is 12.8. The summed E-state index contributed by atoms with van der Waals surface area (Å²) in [5.74, 6) is 0.564. The van der Waals surface area contributed by atoms with E-state index in [2.05, 4.69) is 5.32 Å². The molecule has 0 fully saturated rings. The number of benzene rings is 2. The van der Waals surface area contributed by atoms with Gasteiger partial charge in [0, 0.05) is 11.6 Å². The zero-order valence-corrected chi connectivity index (χ0v) is 17.0. The van der Waals surface area contributed by atoms with Crippen LogP contribution >= 0.6 is 0 Å². The fourth-order valence-corrected chi connectivity index (χ4v) is 2.63. The molecule has 0 aliphatic carbocycles. The number of nitrogens with two attached hydrogens (primary N) is 1. The van der Waals surface area contributed by atoms with E-state index in [0.29, 0.717) is 41.8 Å². The van der Waals surface area contributed by atoms with Crippen molar-refractivity contribution in [2.75, 3.05) is 32.8 Å². The predicted molar refractivity (Wildman–Crippen MR) is 109 cm³/mol. The molecule has 0 saturated carbocycles. The Balaban J connectivity index is 2.36. The number of amides is 2. The summed E-state index contributed by atoms with van der Waals surface area (Å²) in [4.78, 5) is 24.6. The molecule has 2 rings (SSSR count). The maximum Gasteiger partial charge on any atom is 0.255 e. The van der Waals surface area contributed by atoms with Crippen LogP contribution in [0.2, 0.25) is 0 Å². The average molecular weight is 402 g/mol. The SMILES string of the molecule is CCCOc1ccc(C(=O)Nc2cc(OC)c(OC)cc2C(N)=O)cc1OCC. The lowest BCUT2D eigenvalue weighted by Crippen LogP contribution is -2.19.